The van der Waals surface area contributed by atoms with Crippen molar-refractivity contribution in [2.75, 3.05) is 39.4 Å². The van der Waals surface area contributed by atoms with Crippen LogP contribution in [0.4, 0.5) is 0 Å². The number of rotatable bonds is 6. The van der Waals surface area contributed by atoms with Crippen molar-refractivity contribution >= 4 is 11.7 Å². The number of ketones is 1. The molecule has 140 valence electrons. The van der Waals surface area contributed by atoms with E-state index in [0.29, 0.717) is 12.1 Å². The highest BCUT2D eigenvalue weighted by Crippen LogP contribution is 2.38. The number of hydrogen-bond donors (Lipinski definition) is 2. The van der Waals surface area contributed by atoms with Crippen LogP contribution >= 0.6 is 0 Å². The zero-order chi connectivity index (χ0) is 18.7. The highest BCUT2D eigenvalue weighted by atomic mass is 16.5. The van der Waals surface area contributed by atoms with Gasteiger partial charge in [-0.2, -0.15) is 0 Å². The van der Waals surface area contributed by atoms with Gasteiger partial charge in [0.25, 0.3) is 5.91 Å². The Morgan fingerprint density at radius 3 is 2.42 bits per heavy atom. The van der Waals surface area contributed by atoms with Crippen molar-refractivity contribution in [1.29, 1.82) is 0 Å². The lowest BCUT2D eigenvalue weighted by molar-refractivity contribution is -0.129. The Hall–Kier alpha value is -2.38. The van der Waals surface area contributed by atoms with E-state index in [0.717, 1.165) is 39.3 Å². The van der Waals surface area contributed by atoms with Crippen LogP contribution in [0, 0.1) is 0 Å². The summed E-state index contributed by atoms with van der Waals surface area (Å²) in [6.07, 6.45) is 0.735. The molecule has 2 aliphatic heterocycles. The molecule has 2 N–H and O–H groups in total. The molecule has 1 atom stereocenters. The summed E-state index contributed by atoms with van der Waals surface area (Å²) >= 11 is 0. The van der Waals surface area contributed by atoms with Crippen LogP contribution in [-0.4, -0.2) is 71.1 Å². The number of Topliss-reactive ketones (excluding diaryl/α,β-unsaturated/α-hetero) is 1. The standard InChI is InChI=1S/C19H24N2O5/c1-13(22)16-17(14-3-5-15(23)6-4-14)21(19(25)18(16)24)8-2-7-20-9-11-26-12-10-20/h3-6,17,23-24H,2,7-12H2,1H3/t17-/m1/s1. The summed E-state index contributed by atoms with van der Waals surface area (Å²) < 4.78 is 5.33. The van der Waals surface area contributed by atoms with Crippen LogP contribution in [0.3, 0.4) is 0 Å². The van der Waals surface area contributed by atoms with Gasteiger partial charge in [0.05, 0.1) is 24.8 Å². The largest absolute Gasteiger partial charge is 0.508 e. The molecule has 0 saturated carbocycles. The molecule has 0 unspecified atom stereocenters. The first-order valence-electron chi connectivity index (χ1n) is 8.83. The van der Waals surface area contributed by atoms with Crippen molar-refractivity contribution in [2.45, 2.75) is 19.4 Å². The first-order chi connectivity index (χ1) is 12.5. The minimum Gasteiger partial charge on any atom is -0.508 e. The third-order valence-electron chi connectivity index (χ3n) is 4.87. The van der Waals surface area contributed by atoms with Crippen LogP contribution in [0.1, 0.15) is 24.9 Å². The number of phenols is 1. The van der Waals surface area contributed by atoms with Gasteiger partial charge in [-0.15, -0.1) is 0 Å². The van der Waals surface area contributed by atoms with E-state index in [9.17, 15) is 19.8 Å². The molecule has 0 spiro atoms. The Kier molecular flexibility index (Phi) is 5.58. The Bertz CT molecular complexity index is 707. The lowest BCUT2D eigenvalue weighted by Gasteiger charge is -2.29. The molecule has 1 aromatic carbocycles. The fraction of sp³-hybridized carbons (Fsp3) is 0.474. The Labute approximate surface area is 152 Å². The molecule has 1 fully saturated rings. The number of phenolic OH excluding ortho intramolecular Hbond substituents is 1. The third kappa shape index (κ3) is 3.73. The molecule has 0 aromatic heterocycles. The van der Waals surface area contributed by atoms with Gasteiger partial charge < -0.3 is 19.8 Å². The average molecular weight is 360 g/mol. The maximum absolute atomic E-state index is 12.5. The van der Waals surface area contributed by atoms with Crippen LogP contribution < -0.4 is 0 Å². The molecule has 0 aliphatic carbocycles. The number of aliphatic hydroxyl groups is 1. The second kappa shape index (κ2) is 7.88. The zero-order valence-electron chi connectivity index (χ0n) is 14.9. The van der Waals surface area contributed by atoms with Gasteiger partial charge >= 0.3 is 0 Å². The molecule has 0 radical (unpaired) electrons. The van der Waals surface area contributed by atoms with Gasteiger partial charge in [0, 0.05) is 26.2 Å². The van der Waals surface area contributed by atoms with Crippen LogP contribution in [0.5, 0.6) is 5.75 Å². The van der Waals surface area contributed by atoms with Gasteiger partial charge in [0.1, 0.15) is 5.75 Å². The predicted molar refractivity (Wildman–Crippen MR) is 94.8 cm³/mol. The summed E-state index contributed by atoms with van der Waals surface area (Å²) in [6.45, 7) is 5.79. The molecule has 1 amide bonds. The number of hydrogen-bond acceptors (Lipinski definition) is 6. The number of nitrogens with zero attached hydrogens (tertiary/aromatic N) is 2. The highest BCUT2D eigenvalue weighted by molar-refractivity contribution is 6.08. The van der Waals surface area contributed by atoms with E-state index in [2.05, 4.69) is 4.90 Å². The van der Waals surface area contributed by atoms with Gasteiger partial charge in [-0.3, -0.25) is 14.5 Å². The van der Waals surface area contributed by atoms with E-state index in [1.165, 1.54) is 19.1 Å². The van der Waals surface area contributed by atoms with Crippen molar-refractivity contribution < 1.29 is 24.5 Å². The zero-order valence-corrected chi connectivity index (χ0v) is 14.9. The second-order valence-electron chi connectivity index (χ2n) is 6.62. The van der Waals surface area contributed by atoms with Crippen LogP contribution in [0.15, 0.2) is 35.6 Å². The summed E-state index contributed by atoms with van der Waals surface area (Å²) in [5, 5.41) is 19.7. The maximum Gasteiger partial charge on any atom is 0.290 e. The number of ether oxygens (including phenoxy) is 1. The molecule has 2 aliphatic rings. The van der Waals surface area contributed by atoms with Crippen molar-refractivity contribution in [2.24, 2.45) is 0 Å². The van der Waals surface area contributed by atoms with Gasteiger partial charge in [0.2, 0.25) is 0 Å². The summed E-state index contributed by atoms with van der Waals surface area (Å²) in [6, 6.07) is 5.75. The highest BCUT2D eigenvalue weighted by Gasteiger charge is 2.42. The molecule has 1 aromatic rings. The van der Waals surface area contributed by atoms with Crippen molar-refractivity contribution in [3.63, 3.8) is 0 Å². The summed E-state index contributed by atoms with van der Waals surface area (Å²) in [7, 11) is 0. The third-order valence-corrected chi connectivity index (χ3v) is 4.87. The van der Waals surface area contributed by atoms with Crippen molar-refractivity contribution in [1.82, 2.24) is 9.80 Å². The monoisotopic (exact) mass is 360 g/mol. The summed E-state index contributed by atoms with van der Waals surface area (Å²) in [5.41, 5.74) is 0.809. The lowest BCUT2D eigenvalue weighted by atomic mass is 9.96. The molecule has 2 heterocycles. The fourth-order valence-electron chi connectivity index (χ4n) is 3.54. The number of benzene rings is 1. The smallest absolute Gasteiger partial charge is 0.290 e. The van der Waals surface area contributed by atoms with Crippen molar-refractivity contribution in [3.05, 3.63) is 41.2 Å². The Balaban J connectivity index is 1.76. The number of carbonyl (C=O) groups is 2. The Morgan fingerprint density at radius 1 is 1.15 bits per heavy atom. The average Bonchev–Trinajstić information content (AvgIpc) is 2.88. The number of amides is 1. The molecule has 1 saturated heterocycles. The summed E-state index contributed by atoms with van der Waals surface area (Å²) in [5.74, 6) is -1.21. The molecule has 7 heteroatoms. The molecular weight excluding hydrogens is 336 g/mol. The van der Waals surface area contributed by atoms with E-state index in [-0.39, 0.29) is 17.1 Å². The number of aromatic hydroxyl groups is 1. The van der Waals surface area contributed by atoms with Gasteiger partial charge in [-0.25, -0.2) is 0 Å². The van der Waals surface area contributed by atoms with E-state index in [1.807, 2.05) is 0 Å². The van der Waals surface area contributed by atoms with E-state index in [1.54, 1.807) is 17.0 Å². The minimum absolute atomic E-state index is 0.106. The summed E-state index contributed by atoms with van der Waals surface area (Å²) in [4.78, 5) is 28.4. The SMILES string of the molecule is CC(=O)C1=C(O)C(=O)N(CCCN2CCOCC2)[C@@H]1c1ccc(O)cc1. The molecule has 7 nitrogen and oxygen atoms in total. The maximum atomic E-state index is 12.5. The molecular formula is C19H24N2O5. The quantitative estimate of drug-likeness (QED) is 0.797. The van der Waals surface area contributed by atoms with E-state index >= 15 is 0 Å². The number of morpholine rings is 1. The minimum atomic E-state index is -0.620. The van der Waals surface area contributed by atoms with Crippen LogP contribution in [-0.2, 0) is 14.3 Å². The van der Waals surface area contributed by atoms with Gasteiger partial charge in [0.15, 0.2) is 11.5 Å². The van der Waals surface area contributed by atoms with Crippen LogP contribution in [0.25, 0.3) is 0 Å². The second-order valence-corrected chi connectivity index (χ2v) is 6.62. The number of aliphatic hydroxyl groups excluding tert-OH is 1. The van der Waals surface area contributed by atoms with Gasteiger partial charge in [-0.1, -0.05) is 12.1 Å². The Morgan fingerprint density at radius 2 is 1.81 bits per heavy atom. The van der Waals surface area contributed by atoms with Gasteiger partial charge in [-0.05, 0) is 31.0 Å². The number of carbonyl (C=O) groups excluding carboxylic acids is 2. The lowest BCUT2D eigenvalue weighted by Crippen LogP contribution is -2.39. The van der Waals surface area contributed by atoms with E-state index < -0.39 is 17.7 Å². The van der Waals surface area contributed by atoms with Crippen LogP contribution in [0.2, 0.25) is 0 Å². The fourth-order valence-corrected chi connectivity index (χ4v) is 3.54. The molecule has 26 heavy (non-hydrogen) atoms. The normalized spacial score (nSPS) is 21.5. The first-order valence-corrected chi connectivity index (χ1v) is 8.83. The first kappa shape index (κ1) is 18.4. The van der Waals surface area contributed by atoms with Crippen molar-refractivity contribution in [3.8, 4) is 5.75 Å². The molecule has 0 bridgehead atoms. The topological polar surface area (TPSA) is 90.3 Å². The molecule has 3 rings (SSSR count). The predicted octanol–water partition coefficient (Wildman–Crippen LogP) is 1.40. The van der Waals surface area contributed by atoms with E-state index in [4.69, 9.17) is 4.74 Å².